The maximum absolute atomic E-state index is 4.52. The molecular weight excluding hydrogens is 389 g/mol. The van der Waals surface area contributed by atoms with Crippen molar-refractivity contribution in [1.29, 1.82) is 0 Å². The molecule has 2 N–H and O–H groups in total. The molecule has 126 valence electrons. The summed E-state index contributed by atoms with van der Waals surface area (Å²) in [6.07, 6.45) is 1.92. The van der Waals surface area contributed by atoms with Crippen molar-refractivity contribution in [3.63, 3.8) is 0 Å². The van der Waals surface area contributed by atoms with Crippen LogP contribution in [0.1, 0.15) is 40.2 Å². The van der Waals surface area contributed by atoms with Crippen molar-refractivity contribution < 1.29 is 0 Å². The fourth-order valence-electron chi connectivity index (χ4n) is 1.98. The zero-order valence-electron chi connectivity index (χ0n) is 14.6. The topological polar surface area (TPSA) is 52.5 Å². The van der Waals surface area contributed by atoms with Crippen LogP contribution in [0.2, 0.25) is 0 Å². The number of hydrogen-bond acceptors (Lipinski definition) is 3. The smallest absolute Gasteiger partial charge is 0.191 e. The summed E-state index contributed by atoms with van der Waals surface area (Å²) in [6.45, 7) is 13.3. The Morgan fingerprint density at radius 3 is 2.27 bits per heavy atom. The van der Waals surface area contributed by atoms with Gasteiger partial charge in [0.15, 0.2) is 5.96 Å². The number of halogens is 1. The van der Waals surface area contributed by atoms with Crippen LogP contribution in [-0.4, -0.2) is 36.6 Å². The molecule has 0 radical (unpaired) electrons. The average molecular weight is 419 g/mol. The Hall–Kier alpha value is -1.05. The quantitative estimate of drug-likeness (QED) is 0.438. The van der Waals surface area contributed by atoms with Crippen LogP contribution in [0.15, 0.2) is 23.3 Å². The number of pyridine rings is 1. The summed E-state index contributed by atoms with van der Waals surface area (Å²) in [7, 11) is 1.78. The summed E-state index contributed by atoms with van der Waals surface area (Å²) in [6, 6.07) is 4.18. The van der Waals surface area contributed by atoms with Crippen molar-refractivity contribution in [2.24, 2.45) is 4.99 Å². The molecule has 1 aromatic heterocycles. The Labute approximate surface area is 152 Å². The van der Waals surface area contributed by atoms with E-state index in [-0.39, 0.29) is 29.5 Å². The second-order valence-corrected chi connectivity index (χ2v) is 6.00. The van der Waals surface area contributed by atoms with Gasteiger partial charge in [-0.15, -0.1) is 24.0 Å². The van der Waals surface area contributed by atoms with Gasteiger partial charge in [-0.1, -0.05) is 6.07 Å². The molecule has 22 heavy (non-hydrogen) atoms. The number of aromatic nitrogens is 1. The van der Waals surface area contributed by atoms with Crippen LogP contribution in [0.3, 0.4) is 0 Å². The van der Waals surface area contributed by atoms with E-state index in [0.29, 0.717) is 6.54 Å². The fourth-order valence-corrected chi connectivity index (χ4v) is 1.98. The van der Waals surface area contributed by atoms with Gasteiger partial charge in [0, 0.05) is 38.4 Å². The van der Waals surface area contributed by atoms with Crippen molar-refractivity contribution in [1.82, 2.24) is 15.6 Å². The average Bonchev–Trinajstić information content (AvgIpc) is 2.45. The van der Waals surface area contributed by atoms with Crippen molar-refractivity contribution in [2.75, 3.05) is 25.0 Å². The van der Waals surface area contributed by atoms with E-state index >= 15 is 0 Å². The number of rotatable bonds is 5. The second kappa shape index (κ2) is 9.86. The highest BCUT2D eigenvalue weighted by atomic mass is 127. The third-order valence-corrected chi connectivity index (χ3v) is 3.07. The SMILES string of the molecule is CCN(CC)c1ccc(CNC(=NC)NC(C)(C)C)cn1.I. The van der Waals surface area contributed by atoms with Gasteiger partial charge in [-0.25, -0.2) is 4.98 Å². The first-order valence-electron chi connectivity index (χ1n) is 7.58. The van der Waals surface area contributed by atoms with Gasteiger partial charge in [-0.3, -0.25) is 4.99 Å². The van der Waals surface area contributed by atoms with Gasteiger partial charge in [0.1, 0.15) is 5.82 Å². The second-order valence-electron chi connectivity index (χ2n) is 6.00. The molecule has 0 aromatic carbocycles. The lowest BCUT2D eigenvalue weighted by Gasteiger charge is -2.24. The monoisotopic (exact) mass is 419 g/mol. The predicted molar refractivity (Wildman–Crippen MR) is 106 cm³/mol. The van der Waals surface area contributed by atoms with Crippen LogP contribution in [0, 0.1) is 0 Å². The van der Waals surface area contributed by atoms with Crippen molar-refractivity contribution in [2.45, 2.75) is 46.7 Å². The summed E-state index contributed by atoms with van der Waals surface area (Å²) < 4.78 is 0. The molecule has 0 aliphatic carbocycles. The molecule has 0 amide bonds. The first-order chi connectivity index (χ1) is 9.89. The standard InChI is InChI=1S/C16H29N5.HI/c1-7-21(8-2)14-10-9-13(11-18-14)12-19-15(17-6)20-16(3,4)5;/h9-11H,7-8,12H2,1-6H3,(H2,17,19,20);1H. The molecule has 1 heterocycles. The maximum Gasteiger partial charge on any atom is 0.191 e. The molecule has 1 aromatic rings. The first kappa shape index (κ1) is 20.9. The maximum atomic E-state index is 4.52. The van der Waals surface area contributed by atoms with E-state index in [1.165, 1.54) is 0 Å². The number of aliphatic imine (C=N–C) groups is 1. The molecule has 0 aliphatic heterocycles. The Kier molecular flexibility index (Phi) is 9.39. The van der Waals surface area contributed by atoms with Crippen LogP contribution >= 0.6 is 24.0 Å². The molecule has 0 saturated carbocycles. The lowest BCUT2D eigenvalue weighted by Crippen LogP contribution is -2.47. The zero-order valence-corrected chi connectivity index (χ0v) is 16.9. The number of hydrogen-bond donors (Lipinski definition) is 2. The normalized spacial score (nSPS) is 11.6. The minimum Gasteiger partial charge on any atom is -0.357 e. The number of guanidine groups is 1. The van der Waals surface area contributed by atoms with Gasteiger partial charge in [0.25, 0.3) is 0 Å². The molecule has 0 aliphatic rings. The van der Waals surface area contributed by atoms with Crippen LogP contribution in [0.5, 0.6) is 0 Å². The summed E-state index contributed by atoms with van der Waals surface area (Å²) in [5.41, 5.74) is 1.13. The largest absolute Gasteiger partial charge is 0.357 e. The van der Waals surface area contributed by atoms with Crippen molar-refractivity contribution in [3.8, 4) is 0 Å². The molecule has 0 saturated heterocycles. The zero-order chi connectivity index (χ0) is 15.9. The number of anilines is 1. The third kappa shape index (κ3) is 7.29. The van der Waals surface area contributed by atoms with Gasteiger partial charge in [-0.2, -0.15) is 0 Å². The Morgan fingerprint density at radius 1 is 1.23 bits per heavy atom. The minimum atomic E-state index is -0.00724. The van der Waals surface area contributed by atoms with E-state index in [1.807, 2.05) is 6.20 Å². The van der Waals surface area contributed by atoms with E-state index in [1.54, 1.807) is 7.05 Å². The fraction of sp³-hybridized carbons (Fsp3) is 0.625. The molecule has 0 fully saturated rings. The van der Waals surface area contributed by atoms with Gasteiger partial charge >= 0.3 is 0 Å². The van der Waals surface area contributed by atoms with Gasteiger partial charge < -0.3 is 15.5 Å². The highest BCUT2D eigenvalue weighted by molar-refractivity contribution is 14.0. The molecule has 0 spiro atoms. The van der Waals surface area contributed by atoms with E-state index in [4.69, 9.17) is 0 Å². The number of nitrogens with one attached hydrogen (secondary N) is 2. The lowest BCUT2D eigenvalue weighted by molar-refractivity contribution is 0.501. The Bertz CT molecular complexity index is 447. The van der Waals surface area contributed by atoms with Crippen molar-refractivity contribution in [3.05, 3.63) is 23.9 Å². The van der Waals surface area contributed by atoms with Crippen LogP contribution in [0.25, 0.3) is 0 Å². The summed E-state index contributed by atoms with van der Waals surface area (Å²) in [5.74, 6) is 1.83. The first-order valence-corrected chi connectivity index (χ1v) is 7.58. The van der Waals surface area contributed by atoms with E-state index in [0.717, 1.165) is 30.4 Å². The van der Waals surface area contributed by atoms with E-state index in [2.05, 4.69) is 72.3 Å². The van der Waals surface area contributed by atoms with Gasteiger partial charge in [0.05, 0.1) is 0 Å². The molecule has 5 nitrogen and oxygen atoms in total. The highest BCUT2D eigenvalue weighted by Gasteiger charge is 2.11. The van der Waals surface area contributed by atoms with Crippen molar-refractivity contribution >= 4 is 35.8 Å². The van der Waals surface area contributed by atoms with Crippen LogP contribution < -0.4 is 15.5 Å². The molecule has 0 atom stereocenters. The van der Waals surface area contributed by atoms with Gasteiger partial charge in [-0.05, 0) is 46.2 Å². The minimum absolute atomic E-state index is 0. The molecule has 0 unspecified atom stereocenters. The number of nitrogens with zero attached hydrogens (tertiary/aromatic N) is 3. The third-order valence-electron chi connectivity index (χ3n) is 3.07. The molecular formula is C16H30IN5. The highest BCUT2D eigenvalue weighted by Crippen LogP contribution is 2.10. The van der Waals surface area contributed by atoms with Crippen LogP contribution in [-0.2, 0) is 6.54 Å². The summed E-state index contributed by atoms with van der Waals surface area (Å²) in [4.78, 5) is 11.0. The lowest BCUT2D eigenvalue weighted by atomic mass is 10.1. The Balaban J connectivity index is 0.00000441. The predicted octanol–water partition coefficient (Wildman–Crippen LogP) is 3.01. The molecule has 0 bridgehead atoms. The van der Waals surface area contributed by atoms with Crippen LogP contribution in [0.4, 0.5) is 5.82 Å². The van der Waals surface area contributed by atoms with Gasteiger partial charge in [0.2, 0.25) is 0 Å². The Morgan fingerprint density at radius 2 is 1.86 bits per heavy atom. The summed E-state index contributed by atoms with van der Waals surface area (Å²) in [5, 5.41) is 6.64. The summed E-state index contributed by atoms with van der Waals surface area (Å²) >= 11 is 0. The van der Waals surface area contributed by atoms with E-state index < -0.39 is 0 Å². The molecule has 1 rings (SSSR count). The molecule has 6 heteroatoms. The van der Waals surface area contributed by atoms with E-state index in [9.17, 15) is 0 Å².